The third-order valence-corrected chi connectivity index (χ3v) is 4.12. The second-order valence-corrected chi connectivity index (χ2v) is 6.17. The first-order valence-electron chi connectivity index (χ1n) is 8.73. The largest absolute Gasteiger partial charge is 0.449 e. The van der Waals surface area contributed by atoms with Crippen LogP contribution in [-0.4, -0.2) is 21.1 Å². The van der Waals surface area contributed by atoms with E-state index >= 15 is 0 Å². The van der Waals surface area contributed by atoms with Crippen LogP contribution in [0.5, 0.6) is 0 Å². The van der Waals surface area contributed by atoms with Gasteiger partial charge in [0.15, 0.2) is 17.7 Å². The van der Waals surface area contributed by atoms with Crippen molar-refractivity contribution < 1.29 is 18.5 Å². The fourth-order valence-electron chi connectivity index (χ4n) is 2.73. The van der Waals surface area contributed by atoms with E-state index in [0.29, 0.717) is 28.6 Å². The average molecular weight is 375 g/mol. The van der Waals surface area contributed by atoms with Gasteiger partial charge in [0.05, 0.1) is 17.3 Å². The van der Waals surface area contributed by atoms with Crippen LogP contribution in [0.25, 0.3) is 22.8 Å². The standard InChI is InChI=1S/C21H17N3O4/c1-13(19-23-14(2)24-28-19)26-21(25)17-11-7-6-10-16(17)20-22-12-18(27-20)15-8-4-3-5-9-15/h3-13H,1-2H3. The first kappa shape index (κ1) is 17.7. The number of hydrogen-bond donors (Lipinski definition) is 0. The Morgan fingerprint density at radius 2 is 1.82 bits per heavy atom. The van der Waals surface area contributed by atoms with Gasteiger partial charge in [-0.15, -0.1) is 0 Å². The maximum Gasteiger partial charge on any atom is 0.339 e. The second-order valence-electron chi connectivity index (χ2n) is 6.17. The van der Waals surface area contributed by atoms with E-state index in [-0.39, 0.29) is 5.89 Å². The van der Waals surface area contributed by atoms with Crippen molar-refractivity contribution in [2.24, 2.45) is 0 Å². The van der Waals surface area contributed by atoms with Gasteiger partial charge < -0.3 is 13.7 Å². The van der Waals surface area contributed by atoms with Crippen LogP contribution in [0.3, 0.4) is 0 Å². The second kappa shape index (κ2) is 7.48. The summed E-state index contributed by atoms with van der Waals surface area (Å²) < 4.78 is 16.4. The number of nitrogens with zero attached hydrogens (tertiary/aromatic N) is 3. The minimum absolute atomic E-state index is 0.241. The van der Waals surface area contributed by atoms with Crippen LogP contribution >= 0.6 is 0 Å². The first-order valence-corrected chi connectivity index (χ1v) is 8.73. The zero-order valence-electron chi connectivity index (χ0n) is 15.3. The number of rotatable bonds is 5. The molecule has 0 aliphatic rings. The maximum absolute atomic E-state index is 12.7. The number of esters is 1. The van der Waals surface area contributed by atoms with Crippen molar-refractivity contribution >= 4 is 5.97 Å². The molecule has 0 fully saturated rings. The number of aromatic nitrogens is 3. The lowest BCUT2D eigenvalue weighted by atomic mass is 10.1. The Morgan fingerprint density at radius 1 is 1.07 bits per heavy atom. The van der Waals surface area contributed by atoms with Gasteiger partial charge in [0, 0.05) is 5.56 Å². The van der Waals surface area contributed by atoms with Crippen molar-refractivity contribution in [3.05, 3.63) is 78.1 Å². The van der Waals surface area contributed by atoms with E-state index in [1.807, 2.05) is 36.4 Å². The summed E-state index contributed by atoms with van der Waals surface area (Å²) >= 11 is 0. The molecule has 2 aromatic carbocycles. The van der Waals surface area contributed by atoms with Gasteiger partial charge in [-0.25, -0.2) is 9.78 Å². The highest BCUT2D eigenvalue weighted by Crippen LogP contribution is 2.29. The van der Waals surface area contributed by atoms with Gasteiger partial charge in [0.1, 0.15) is 0 Å². The zero-order valence-corrected chi connectivity index (χ0v) is 15.3. The minimum atomic E-state index is -0.675. The number of ether oxygens (including phenoxy) is 1. The fourth-order valence-corrected chi connectivity index (χ4v) is 2.73. The van der Waals surface area contributed by atoms with E-state index in [2.05, 4.69) is 15.1 Å². The summed E-state index contributed by atoms with van der Waals surface area (Å²) in [6.45, 7) is 3.37. The topological polar surface area (TPSA) is 91.2 Å². The molecule has 7 heteroatoms. The monoisotopic (exact) mass is 375 g/mol. The van der Waals surface area contributed by atoms with Crippen molar-refractivity contribution in [2.75, 3.05) is 0 Å². The van der Waals surface area contributed by atoms with E-state index in [1.165, 1.54) is 0 Å². The number of aryl methyl sites for hydroxylation is 1. The number of hydrogen-bond acceptors (Lipinski definition) is 7. The van der Waals surface area contributed by atoms with Gasteiger partial charge >= 0.3 is 5.97 Å². The molecule has 7 nitrogen and oxygen atoms in total. The lowest BCUT2D eigenvalue weighted by Crippen LogP contribution is -2.10. The molecule has 1 atom stereocenters. The minimum Gasteiger partial charge on any atom is -0.449 e. The van der Waals surface area contributed by atoms with Crippen LogP contribution in [0.4, 0.5) is 0 Å². The maximum atomic E-state index is 12.7. The van der Waals surface area contributed by atoms with Gasteiger partial charge in [-0.3, -0.25) is 0 Å². The molecule has 2 aromatic heterocycles. The van der Waals surface area contributed by atoms with Crippen molar-refractivity contribution in [1.82, 2.24) is 15.1 Å². The summed E-state index contributed by atoms with van der Waals surface area (Å²) in [5, 5.41) is 3.71. The average Bonchev–Trinajstić information content (AvgIpc) is 3.38. The summed E-state index contributed by atoms with van der Waals surface area (Å²) in [5.41, 5.74) is 1.79. The summed E-state index contributed by atoms with van der Waals surface area (Å²) in [6, 6.07) is 16.6. The number of oxazole rings is 1. The molecule has 0 saturated heterocycles. The molecule has 140 valence electrons. The Balaban J connectivity index is 1.60. The van der Waals surface area contributed by atoms with Gasteiger partial charge in [-0.2, -0.15) is 4.98 Å². The van der Waals surface area contributed by atoms with Crippen molar-refractivity contribution in [3.8, 4) is 22.8 Å². The van der Waals surface area contributed by atoms with E-state index in [9.17, 15) is 4.79 Å². The molecule has 4 aromatic rings. The molecule has 0 saturated carbocycles. The van der Waals surface area contributed by atoms with Crippen LogP contribution in [0.1, 0.15) is 35.1 Å². The van der Waals surface area contributed by atoms with Crippen LogP contribution in [0.2, 0.25) is 0 Å². The Kier molecular flexibility index (Phi) is 4.72. The lowest BCUT2D eigenvalue weighted by Gasteiger charge is -2.11. The van der Waals surface area contributed by atoms with E-state index in [1.54, 1.807) is 38.2 Å². The van der Waals surface area contributed by atoms with Crippen molar-refractivity contribution in [1.29, 1.82) is 0 Å². The third-order valence-electron chi connectivity index (χ3n) is 4.12. The molecule has 0 radical (unpaired) electrons. The summed E-state index contributed by atoms with van der Waals surface area (Å²) in [7, 11) is 0. The molecule has 0 amide bonds. The molecule has 0 aliphatic carbocycles. The van der Waals surface area contributed by atoms with E-state index in [0.717, 1.165) is 5.56 Å². The molecule has 0 N–H and O–H groups in total. The quantitative estimate of drug-likeness (QED) is 0.470. The predicted molar refractivity (Wildman–Crippen MR) is 100 cm³/mol. The highest BCUT2D eigenvalue weighted by Gasteiger charge is 2.22. The Morgan fingerprint density at radius 3 is 2.57 bits per heavy atom. The van der Waals surface area contributed by atoms with Crippen molar-refractivity contribution in [3.63, 3.8) is 0 Å². The van der Waals surface area contributed by atoms with Crippen molar-refractivity contribution in [2.45, 2.75) is 20.0 Å². The van der Waals surface area contributed by atoms with Crippen LogP contribution in [-0.2, 0) is 4.74 Å². The molecule has 0 bridgehead atoms. The summed E-state index contributed by atoms with van der Waals surface area (Å²) in [6.07, 6.45) is 0.961. The van der Waals surface area contributed by atoms with E-state index in [4.69, 9.17) is 13.7 Å². The molecular formula is C21H17N3O4. The number of carbonyl (C=O) groups is 1. The van der Waals surface area contributed by atoms with E-state index < -0.39 is 12.1 Å². The van der Waals surface area contributed by atoms with Crippen LogP contribution in [0.15, 0.2) is 69.7 Å². The fraction of sp³-hybridized carbons (Fsp3) is 0.143. The molecule has 0 spiro atoms. The van der Waals surface area contributed by atoms with Gasteiger partial charge in [0.25, 0.3) is 5.89 Å². The van der Waals surface area contributed by atoms with Gasteiger partial charge in [-0.05, 0) is 26.0 Å². The smallest absolute Gasteiger partial charge is 0.339 e. The zero-order chi connectivity index (χ0) is 19.5. The Labute approximate surface area is 161 Å². The predicted octanol–water partition coefficient (Wildman–Crippen LogP) is 4.62. The molecule has 2 heterocycles. The molecule has 4 rings (SSSR count). The SMILES string of the molecule is Cc1noc(C(C)OC(=O)c2ccccc2-c2ncc(-c3ccccc3)o2)n1. The molecular weight excluding hydrogens is 358 g/mol. The highest BCUT2D eigenvalue weighted by molar-refractivity contribution is 5.96. The normalized spacial score (nSPS) is 11.9. The summed E-state index contributed by atoms with van der Waals surface area (Å²) in [4.78, 5) is 21.1. The Hall–Kier alpha value is -3.74. The van der Waals surface area contributed by atoms with Crippen LogP contribution in [0, 0.1) is 6.92 Å². The lowest BCUT2D eigenvalue weighted by molar-refractivity contribution is 0.0266. The van der Waals surface area contributed by atoms with Crippen LogP contribution < -0.4 is 0 Å². The first-order chi connectivity index (χ1) is 13.6. The summed E-state index contributed by atoms with van der Waals surface area (Å²) in [5.74, 6) is 1.15. The molecule has 1 unspecified atom stereocenters. The third kappa shape index (κ3) is 3.55. The molecule has 28 heavy (non-hydrogen) atoms. The van der Waals surface area contributed by atoms with Gasteiger partial charge in [0.2, 0.25) is 5.89 Å². The number of carbonyl (C=O) groups excluding carboxylic acids is 1. The molecule has 0 aliphatic heterocycles. The Bertz CT molecular complexity index is 1100. The highest BCUT2D eigenvalue weighted by atomic mass is 16.6. The number of benzene rings is 2. The van der Waals surface area contributed by atoms with Gasteiger partial charge in [-0.1, -0.05) is 47.6 Å².